The molecule has 3 aromatic carbocycles. The van der Waals surface area contributed by atoms with E-state index in [9.17, 15) is 4.79 Å². The number of fused-ring (bicyclic) bond motifs is 2. The minimum Gasteiger partial charge on any atom is -0.493 e. The minimum atomic E-state index is -0.113. The molecule has 0 atom stereocenters. The van der Waals surface area contributed by atoms with Crippen LogP contribution in [0.25, 0.3) is 6.08 Å². The molecule has 3 aromatic rings. The van der Waals surface area contributed by atoms with Gasteiger partial charge in [0.05, 0.1) is 12.2 Å². The van der Waals surface area contributed by atoms with E-state index in [1.807, 2.05) is 44.2 Å². The van der Waals surface area contributed by atoms with E-state index in [1.165, 1.54) is 11.1 Å². The van der Waals surface area contributed by atoms with Crippen LogP contribution in [0.3, 0.4) is 0 Å². The quantitative estimate of drug-likeness (QED) is 0.478. The monoisotopic (exact) mass is 441 g/mol. The van der Waals surface area contributed by atoms with E-state index in [2.05, 4.69) is 36.1 Å². The zero-order chi connectivity index (χ0) is 22.9. The van der Waals surface area contributed by atoms with Crippen molar-refractivity contribution < 1.29 is 19.0 Å². The summed E-state index contributed by atoms with van der Waals surface area (Å²) in [7, 11) is 0. The van der Waals surface area contributed by atoms with Crippen LogP contribution < -0.4 is 14.2 Å². The highest BCUT2D eigenvalue weighted by atomic mass is 16.5. The molecule has 0 amide bonds. The topological polar surface area (TPSA) is 48.0 Å². The van der Waals surface area contributed by atoms with Gasteiger partial charge in [-0.25, -0.2) is 0 Å². The summed E-state index contributed by atoms with van der Waals surface area (Å²) in [6.45, 7) is 8.54. The summed E-state index contributed by atoms with van der Waals surface area (Å²) in [5, 5.41) is 0. The van der Waals surface area contributed by atoms with Crippen LogP contribution in [0.15, 0.2) is 60.4 Å². The Labute approximate surface area is 194 Å². The third-order valence-corrected chi connectivity index (χ3v) is 6.03. The van der Waals surface area contributed by atoms with E-state index < -0.39 is 0 Å². The number of rotatable bonds is 5. The van der Waals surface area contributed by atoms with Gasteiger partial charge in [0, 0.05) is 29.8 Å². The molecule has 0 saturated carbocycles. The first-order valence-corrected chi connectivity index (χ1v) is 11.3. The van der Waals surface area contributed by atoms with Crippen molar-refractivity contribution >= 4 is 11.9 Å². The fourth-order valence-corrected chi connectivity index (χ4v) is 4.38. The van der Waals surface area contributed by atoms with Gasteiger partial charge in [0.1, 0.15) is 24.0 Å². The predicted octanol–water partition coefficient (Wildman–Crippen LogP) is 5.67. The molecule has 0 N–H and O–H groups in total. The molecule has 5 heteroatoms. The van der Waals surface area contributed by atoms with Crippen LogP contribution in [0.1, 0.15) is 45.1 Å². The molecule has 168 valence electrons. The van der Waals surface area contributed by atoms with Gasteiger partial charge in [0.25, 0.3) is 0 Å². The minimum absolute atomic E-state index is 0.113. The van der Waals surface area contributed by atoms with Gasteiger partial charge in [-0.2, -0.15) is 0 Å². The third kappa shape index (κ3) is 4.12. The number of benzene rings is 3. The van der Waals surface area contributed by atoms with Crippen LogP contribution in [-0.4, -0.2) is 24.0 Å². The number of para-hydroxylation sites is 1. The van der Waals surface area contributed by atoms with E-state index in [4.69, 9.17) is 14.2 Å². The Hall–Kier alpha value is -3.57. The molecule has 5 rings (SSSR count). The summed E-state index contributed by atoms with van der Waals surface area (Å²) >= 11 is 0. The van der Waals surface area contributed by atoms with Gasteiger partial charge in [-0.05, 0) is 44.5 Å². The summed E-state index contributed by atoms with van der Waals surface area (Å²) < 4.78 is 17.9. The Balaban J connectivity index is 1.42. The predicted molar refractivity (Wildman–Crippen MR) is 128 cm³/mol. The number of nitrogens with zero attached hydrogens (tertiary/aromatic N) is 1. The second-order valence-electron chi connectivity index (χ2n) is 8.52. The second kappa shape index (κ2) is 8.75. The number of ketones is 1. The van der Waals surface area contributed by atoms with Crippen LogP contribution in [-0.2, 0) is 13.1 Å². The molecule has 0 spiro atoms. The van der Waals surface area contributed by atoms with Gasteiger partial charge in [0.15, 0.2) is 5.76 Å². The molecule has 2 heterocycles. The maximum Gasteiger partial charge on any atom is 0.231 e. The van der Waals surface area contributed by atoms with Crippen molar-refractivity contribution in [2.24, 2.45) is 0 Å². The van der Waals surface area contributed by atoms with Crippen LogP contribution in [0.5, 0.6) is 17.2 Å². The average Bonchev–Trinajstić information content (AvgIpc) is 3.12. The number of aryl methyl sites for hydroxylation is 1. The van der Waals surface area contributed by atoms with Gasteiger partial charge in [-0.15, -0.1) is 0 Å². The number of carbonyl (C=O) groups is 1. The fraction of sp³-hybridized carbons (Fsp3) is 0.250. The lowest BCUT2D eigenvalue weighted by Crippen LogP contribution is -2.32. The van der Waals surface area contributed by atoms with Crippen molar-refractivity contribution in [2.45, 2.75) is 33.9 Å². The average molecular weight is 442 g/mol. The summed E-state index contributed by atoms with van der Waals surface area (Å²) in [5.41, 5.74) is 5.77. The van der Waals surface area contributed by atoms with Crippen molar-refractivity contribution in [3.63, 3.8) is 0 Å². The lowest BCUT2D eigenvalue weighted by Gasteiger charge is -2.30. The lowest BCUT2D eigenvalue weighted by atomic mass is 9.99. The highest BCUT2D eigenvalue weighted by molar-refractivity contribution is 6.15. The fourth-order valence-electron chi connectivity index (χ4n) is 4.38. The van der Waals surface area contributed by atoms with Crippen molar-refractivity contribution in [3.05, 3.63) is 93.7 Å². The Bertz CT molecular complexity index is 1240. The van der Waals surface area contributed by atoms with E-state index in [1.54, 1.807) is 6.08 Å². The molecule has 0 fully saturated rings. The smallest absolute Gasteiger partial charge is 0.231 e. The molecule has 0 aromatic heterocycles. The SMILES string of the molecule is CCOc1ccccc1/C=C1\Oc2c(cc3c(c2C)OCN(Cc2ccc(C)cc2)C3)C1=O. The first-order valence-electron chi connectivity index (χ1n) is 11.3. The standard InChI is InChI=1S/C28H27NO4/c1-4-31-24-8-6-5-7-21(24)14-25-26(30)23-13-22-16-29(15-20-11-9-18(2)10-12-20)17-32-27(22)19(3)28(23)33-25/h5-14H,4,15-17H2,1-3H3/b25-14-. The molecule has 2 aliphatic rings. The van der Waals surface area contributed by atoms with Crippen LogP contribution in [0.2, 0.25) is 0 Å². The van der Waals surface area contributed by atoms with E-state index in [0.717, 1.165) is 41.3 Å². The number of Topliss-reactive ketones (excluding diaryl/α,β-unsaturated/α-hetero) is 1. The third-order valence-electron chi connectivity index (χ3n) is 6.03. The van der Waals surface area contributed by atoms with Crippen molar-refractivity contribution in [1.82, 2.24) is 4.90 Å². The molecule has 0 aliphatic carbocycles. The van der Waals surface area contributed by atoms with Crippen molar-refractivity contribution in [1.29, 1.82) is 0 Å². The van der Waals surface area contributed by atoms with Gasteiger partial charge in [-0.3, -0.25) is 9.69 Å². The first kappa shape index (κ1) is 21.3. The molecular formula is C28H27NO4. The van der Waals surface area contributed by atoms with Gasteiger partial charge in [-0.1, -0.05) is 48.0 Å². The largest absolute Gasteiger partial charge is 0.493 e. The van der Waals surface area contributed by atoms with Gasteiger partial charge in [0.2, 0.25) is 5.78 Å². The molecule has 2 aliphatic heterocycles. The number of ether oxygens (including phenoxy) is 3. The number of hydrogen-bond donors (Lipinski definition) is 0. The number of hydrogen-bond acceptors (Lipinski definition) is 5. The molecule has 33 heavy (non-hydrogen) atoms. The molecule has 5 nitrogen and oxygen atoms in total. The Morgan fingerprint density at radius 2 is 1.85 bits per heavy atom. The zero-order valence-electron chi connectivity index (χ0n) is 19.2. The van der Waals surface area contributed by atoms with Crippen molar-refractivity contribution in [2.75, 3.05) is 13.3 Å². The van der Waals surface area contributed by atoms with E-state index >= 15 is 0 Å². The Kier molecular flexibility index (Phi) is 5.65. The first-order chi connectivity index (χ1) is 16.0. The van der Waals surface area contributed by atoms with E-state index in [-0.39, 0.29) is 5.78 Å². The maximum absolute atomic E-state index is 13.2. The molecular weight excluding hydrogens is 414 g/mol. The Morgan fingerprint density at radius 1 is 1.06 bits per heavy atom. The van der Waals surface area contributed by atoms with E-state index in [0.29, 0.717) is 30.4 Å². The number of carbonyl (C=O) groups excluding carboxylic acids is 1. The Morgan fingerprint density at radius 3 is 2.64 bits per heavy atom. The summed E-state index contributed by atoms with van der Waals surface area (Å²) in [5.74, 6) is 2.33. The molecule has 0 unspecified atom stereocenters. The second-order valence-corrected chi connectivity index (χ2v) is 8.52. The zero-order valence-corrected chi connectivity index (χ0v) is 19.2. The molecule has 0 saturated heterocycles. The summed E-state index contributed by atoms with van der Waals surface area (Å²) in [6.07, 6.45) is 1.76. The van der Waals surface area contributed by atoms with Gasteiger partial charge < -0.3 is 14.2 Å². The van der Waals surface area contributed by atoms with Gasteiger partial charge >= 0.3 is 0 Å². The molecule has 0 radical (unpaired) electrons. The highest BCUT2D eigenvalue weighted by Crippen LogP contribution is 2.43. The van der Waals surface area contributed by atoms with Crippen molar-refractivity contribution in [3.8, 4) is 17.2 Å². The maximum atomic E-state index is 13.2. The highest BCUT2D eigenvalue weighted by Gasteiger charge is 2.33. The summed E-state index contributed by atoms with van der Waals surface area (Å²) in [4.78, 5) is 15.5. The number of allylic oxidation sites excluding steroid dienone is 1. The summed E-state index contributed by atoms with van der Waals surface area (Å²) in [6, 6.07) is 18.1. The van der Waals surface area contributed by atoms with Crippen LogP contribution in [0.4, 0.5) is 0 Å². The lowest BCUT2D eigenvalue weighted by molar-refractivity contribution is 0.0876. The van der Waals surface area contributed by atoms with Crippen LogP contribution >= 0.6 is 0 Å². The molecule has 0 bridgehead atoms. The van der Waals surface area contributed by atoms with Crippen LogP contribution in [0, 0.1) is 13.8 Å². The normalized spacial score (nSPS) is 16.2.